The number of benzene rings is 1. The Labute approximate surface area is 113 Å². The van der Waals surface area contributed by atoms with E-state index in [9.17, 15) is 9.18 Å². The molecule has 1 heterocycles. The van der Waals surface area contributed by atoms with Crippen molar-refractivity contribution >= 4 is 5.91 Å². The molecule has 4 heteroatoms. The lowest BCUT2D eigenvalue weighted by Crippen LogP contribution is -2.48. The number of piperidine rings is 1. The Morgan fingerprint density at radius 3 is 2.42 bits per heavy atom. The number of rotatable bonds is 3. The van der Waals surface area contributed by atoms with Crippen molar-refractivity contribution in [2.75, 3.05) is 13.1 Å². The van der Waals surface area contributed by atoms with Crippen LogP contribution < -0.4 is 10.6 Å². The van der Waals surface area contributed by atoms with Crippen LogP contribution in [-0.4, -0.2) is 25.0 Å². The standard InChI is InChI=1S/C15H21FN2O/c1-15(2,11-3-5-12(16)6-4-11)14(19)18-13-7-9-17-10-8-13/h3-6,13,17H,7-10H2,1-2H3,(H,18,19). The van der Waals surface area contributed by atoms with E-state index < -0.39 is 5.41 Å². The van der Waals surface area contributed by atoms with Crippen molar-refractivity contribution < 1.29 is 9.18 Å². The third-order valence-corrected chi connectivity index (χ3v) is 3.81. The molecule has 0 atom stereocenters. The molecule has 1 aliphatic heterocycles. The summed E-state index contributed by atoms with van der Waals surface area (Å²) in [5.41, 5.74) is 0.193. The molecule has 0 bridgehead atoms. The highest BCUT2D eigenvalue weighted by molar-refractivity contribution is 5.87. The van der Waals surface area contributed by atoms with Gasteiger partial charge >= 0.3 is 0 Å². The molecule has 3 nitrogen and oxygen atoms in total. The fraction of sp³-hybridized carbons (Fsp3) is 0.533. The maximum absolute atomic E-state index is 12.9. The molecule has 0 aromatic heterocycles. The molecule has 1 saturated heterocycles. The summed E-state index contributed by atoms with van der Waals surface area (Å²) in [5.74, 6) is -0.274. The van der Waals surface area contributed by atoms with Crippen molar-refractivity contribution in [3.63, 3.8) is 0 Å². The van der Waals surface area contributed by atoms with Gasteiger partial charge in [-0.3, -0.25) is 4.79 Å². The maximum atomic E-state index is 12.9. The highest BCUT2D eigenvalue weighted by atomic mass is 19.1. The summed E-state index contributed by atoms with van der Waals surface area (Å²) in [4.78, 5) is 12.4. The van der Waals surface area contributed by atoms with Crippen LogP contribution in [0.25, 0.3) is 0 Å². The van der Waals surface area contributed by atoms with Crippen LogP contribution in [0.5, 0.6) is 0 Å². The fourth-order valence-corrected chi connectivity index (χ4v) is 2.33. The quantitative estimate of drug-likeness (QED) is 0.876. The first kappa shape index (κ1) is 14.0. The molecule has 2 rings (SSSR count). The van der Waals surface area contributed by atoms with Crippen molar-refractivity contribution in [1.82, 2.24) is 10.6 Å². The molecule has 0 saturated carbocycles. The van der Waals surface area contributed by atoms with Gasteiger partial charge in [0.15, 0.2) is 0 Å². The Morgan fingerprint density at radius 2 is 1.84 bits per heavy atom. The van der Waals surface area contributed by atoms with Gasteiger partial charge in [-0.1, -0.05) is 12.1 Å². The fourth-order valence-electron chi connectivity index (χ4n) is 2.33. The molecule has 1 aliphatic rings. The highest BCUT2D eigenvalue weighted by Gasteiger charge is 2.31. The molecule has 104 valence electrons. The van der Waals surface area contributed by atoms with Gasteiger partial charge in [0.05, 0.1) is 5.41 Å². The minimum absolute atomic E-state index is 0.00556. The van der Waals surface area contributed by atoms with E-state index in [1.54, 1.807) is 12.1 Å². The van der Waals surface area contributed by atoms with Gasteiger partial charge in [-0.05, 0) is 57.5 Å². The summed E-state index contributed by atoms with van der Waals surface area (Å²) in [6.07, 6.45) is 1.93. The minimum atomic E-state index is -0.640. The Bertz CT molecular complexity index is 436. The predicted molar refractivity (Wildman–Crippen MR) is 73.5 cm³/mol. The molecule has 19 heavy (non-hydrogen) atoms. The average Bonchev–Trinajstić information content (AvgIpc) is 2.40. The zero-order valence-electron chi connectivity index (χ0n) is 11.5. The van der Waals surface area contributed by atoms with Gasteiger partial charge < -0.3 is 10.6 Å². The van der Waals surface area contributed by atoms with Gasteiger partial charge in [0.25, 0.3) is 0 Å². The SMILES string of the molecule is CC(C)(C(=O)NC1CCNCC1)c1ccc(F)cc1. The summed E-state index contributed by atoms with van der Waals surface area (Å²) in [7, 11) is 0. The number of carbonyl (C=O) groups is 1. The Balaban J connectivity index is 2.05. The van der Waals surface area contributed by atoms with Crippen molar-refractivity contribution in [2.24, 2.45) is 0 Å². The molecule has 1 aromatic carbocycles. The lowest BCUT2D eigenvalue weighted by Gasteiger charge is -2.30. The molecule has 2 N–H and O–H groups in total. The molecule has 0 radical (unpaired) electrons. The number of hydrogen-bond acceptors (Lipinski definition) is 2. The first-order valence-corrected chi connectivity index (χ1v) is 6.78. The first-order valence-electron chi connectivity index (χ1n) is 6.78. The monoisotopic (exact) mass is 264 g/mol. The van der Waals surface area contributed by atoms with E-state index in [4.69, 9.17) is 0 Å². The molecule has 1 amide bonds. The predicted octanol–water partition coefficient (Wildman–Crippen LogP) is 1.97. The van der Waals surface area contributed by atoms with Crippen LogP contribution in [0.3, 0.4) is 0 Å². The van der Waals surface area contributed by atoms with Crippen molar-refractivity contribution in [2.45, 2.75) is 38.1 Å². The van der Waals surface area contributed by atoms with Gasteiger partial charge in [-0.15, -0.1) is 0 Å². The third kappa shape index (κ3) is 3.32. The highest BCUT2D eigenvalue weighted by Crippen LogP contribution is 2.24. The normalized spacial score (nSPS) is 17.2. The van der Waals surface area contributed by atoms with E-state index in [0.29, 0.717) is 0 Å². The summed E-state index contributed by atoms with van der Waals surface area (Å²) < 4.78 is 12.9. The van der Waals surface area contributed by atoms with Gasteiger partial charge in [-0.2, -0.15) is 0 Å². The molecular formula is C15H21FN2O. The second-order valence-electron chi connectivity index (χ2n) is 5.63. The molecule has 0 aliphatic carbocycles. The smallest absolute Gasteiger partial charge is 0.230 e. The van der Waals surface area contributed by atoms with Crippen molar-refractivity contribution in [3.05, 3.63) is 35.6 Å². The van der Waals surface area contributed by atoms with Gasteiger partial charge in [-0.25, -0.2) is 4.39 Å². The number of nitrogens with one attached hydrogen (secondary N) is 2. The number of carbonyl (C=O) groups excluding carboxylic acids is 1. The second-order valence-corrected chi connectivity index (χ2v) is 5.63. The Kier molecular flexibility index (Phi) is 4.20. The van der Waals surface area contributed by atoms with Crippen LogP contribution in [0, 0.1) is 5.82 Å². The van der Waals surface area contributed by atoms with Crippen LogP contribution in [-0.2, 0) is 10.2 Å². The van der Waals surface area contributed by atoms with Crippen LogP contribution in [0.1, 0.15) is 32.3 Å². The minimum Gasteiger partial charge on any atom is -0.353 e. The molecule has 1 fully saturated rings. The zero-order chi connectivity index (χ0) is 13.9. The number of hydrogen-bond donors (Lipinski definition) is 2. The van der Waals surface area contributed by atoms with Gasteiger partial charge in [0, 0.05) is 6.04 Å². The van der Waals surface area contributed by atoms with E-state index in [2.05, 4.69) is 10.6 Å². The molecule has 1 aromatic rings. The number of amides is 1. The van der Waals surface area contributed by atoms with Crippen LogP contribution in [0.4, 0.5) is 4.39 Å². The van der Waals surface area contributed by atoms with E-state index in [1.165, 1.54) is 12.1 Å². The lowest BCUT2D eigenvalue weighted by molar-refractivity contribution is -0.126. The summed E-state index contributed by atoms with van der Waals surface area (Å²) in [5, 5.41) is 6.37. The first-order chi connectivity index (χ1) is 9.00. The van der Waals surface area contributed by atoms with Crippen molar-refractivity contribution in [3.8, 4) is 0 Å². The van der Waals surface area contributed by atoms with Gasteiger partial charge in [0.1, 0.15) is 5.82 Å². The van der Waals surface area contributed by atoms with E-state index in [-0.39, 0.29) is 17.8 Å². The molecule has 0 unspecified atom stereocenters. The maximum Gasteiger partial charge on any atom is 0.230 e. The number of halogens is 1. The van der Waals surface area contributed by atoms with Crippen LogP contribution in [0.15, 0.2) is 24.3 Å². The molecular weight excluding hydrogens is 243 g/mol. The largest absolute Gasteiger partial charge is 0.353 e. The van der Waals surface area contributed by atoms with E-state index in [1.807, 2.05) is 13.8 Å². The van der Waals surface area contributed by atoms with Gasteiger partial charge in [0.2, 0.25) is 5.91 Å². The summed E-state index contributed by atoms with van der Waals surface area (Å²) >= 11 is 0. The second kappa shape index (κ2) is 5.70. The summed E-state index contributed by atoms with van der Waals surface area (Å²) in [6, 6.07) is 6.40. The summed E-state index contributed by atoms with van der Waals surface area (Å²) in [6.45, 7) is 5.64. The Morgan fingerprint density at radius 1 is 1.26 bits per heavy atom. The van der Waals surface area contributed by atoms with Crippen molar-refractivity contribution in [1.29, 1.82) is 0 Å². The topological polar surface area (TPSA) is 41.1 Å². The van der Waals surface area contributed by atoms with E-state index >= 15 is 0 Å². The van der Waals surface area contributed by atoms with E-state index in [0.717, 1.165) is 31.5 Å². The average molecular weight is 264 g/mol. The Hall–Kier alpha value is -1.42. The third-order valence-electron chi connectivity index (χ3n) is 3.81. The van der Waals surface area contributed by atoms with Crippen LogP contribution in [0.2, 0.25) is 0 Å². The lowest BCUT2D eigenvalue weighted by atomic mass is 9.83. The zero-order valence-corrected chi connectivity index (χ0v) is 11.5. The van der Waals surface area contributed by atoms with Crippen LogP contribution >= 0.6 is 0 Å². The molecule has 0 spiro atoms.